The molecule has 1 unspecified atom stereocenters. The van der Waals surface area contributed by atoms with Crippen LogP contribution in [0.5, 0.6) is 0 Å². The van der Waals surface area contributed by atoms with E-state index in [2.05, 4.69) is 42.2 Å². The fourth-order valence-electron chi connectivity index (χ4n) is 3.85. The van der Waals surface area contributed by atoms with Crippen LogP contribution in [0.3, 0.4) is 0 Å². The smallest absolute Gasteiger partial charge is 0.307 e. The van der Waals surface area contributed by atoms with Crippen molar-refractivity contribution in [3.63, 3.8) is 0 Å². The lowest BCUT2D eigenvalue weighted by molar-refractivity contribution is -0.144. The Labute approximate surface area is 120 Å². The number of carbonyl (C=O) groups is 1. The van der Waals surface area contributed by atoms with Crippen LogP contribution >= 0.6 is 0 Å². The predicted octanol–water partition coefficient (Wildman–Crippen LogP) is 2.90. The first kappa shape index (κ1) is 13.6. The number of carboxylic acids is 1. The lowest BCUT2D eigenvalue weighted by atomic mass is 9.62. The minimum atomic E-state index is -0.625. The summed E-state index contributed by atoms with van der Waals surface area (Å²) in [7, 11) is 0. The van der Waals surface area contributed by atoms with Crippen LogP contribution in [0.15, 0.2) is 30.3 Å². The van der Waals surface area contributed by atoms with Crippen molar-refractivity contribution in [1.82, 2.24) is 4.90 Å². The average molecular weight is 273 g/mol. The van der Waals surface area contributed by atoms with Gasteiger partial charge in [-0.2, -0.15) is 0 Å². The Morgan fingerprint density at radius 2 is 2.00 bits per heavy atom. The maximum atomic E-state index is 11.2. The molecule has 0 aromatic heterocycles. The Morgan fingerprint density at radius 1 is 1.30 bits per heavy atom. The number of hydrogen-bond acceptors (Lipinski definition) is 2. The maximum absolute atomic E-state index is 11.2. The number of benzene rings is 1. The highest BCUT2D eigenvalue weighted by Gasteiger charge is 2.45. The molecule has 1 saturated carbocycles. The molecule has 1 N–H and O–H groups in total. The Hall–Kier alpha value is -1.35. The molecule has 0 bridgehead atoms. The molecule has 0 spiro atoms. The third kappa shape index (κ3) is 2.47. The zero-order chi connectivity index (χ0) is 14.2. The zero-order valence-corrected chi connectivity index (χ0v) is 12.1. The molecular formula is C17H23NO2. The van der Waals surface area contributed by atoms with Crippen molar-refractivity contribution in [2.75, 3.05) is 13.1 Å². The highest BCUT2D eigenvalue weighted by molar-refractivity contribution is 5.70. The SMILES string of the molecule is CC1(c2ccccc2)CC(N2CCCC(C(=O)O)C2)C1. The molecule has 3 rings (SSSR count). The van der Waals surface area contributed by atoms with Gasteiger partial charge in [0.05, 0.1) is 5.92 Å². The molecule has 3 nitrogen and oxygen atoms in total. The summed E-state index contributed by atoms with van der Waals surface area (Å²) in [6, 6.07) is 11.3. The first-order valence-electron chi connectivity index (χ1n) is 7.61. The minimum absolute atomic E-state index is 0.160. The van der Waals surface area contributed by atoms with Gasteiger partial charge in [0.2, 0.25) is 0 Å². The highest BCUT2D eigenvalue weighted by atomic mass is 16.4. The molecule has 0 amide bonds. The van der Waals surface area contributed by atoms with Crippen molar-refractivity contribution < 1.29 is 9.90 Å². The summed E-state index contributed by atoms with van der Waals surface area (Å²) in [5, 5.41) is 9.18. The third-order valence-electron chi connectivity index (χ3n) is 5.16. The summed E-state index contributed by atoms with van der Waals surface area (Å²) in [5.74, 6) is -0.785. The number of aliphatic carboxylic acids is 1. The lowest BCUT2D eigenvalue weighted by Crippen LogP contribution is -2.55. The van der Waals surface area contributed by atoms with E-state index in [0.717, 1.165) is 38.8 Å². The van der Waals surface area contributed by atoms with Gasteiger partial charge in [-0.25, -0.2) is 0 Å². The number of nitrogens with zero attached hydrogens (tertiary/aromatic N) is 1. The summed E-state index contributed by atoms with van der Waals surface area (Å²) >= 11 is 0. The first-order valence-corrected chi connectivity index (χ1v) is 7.61. The molecule has 2 fully saturated rings. The van der Waals surface area contributed by atoms with Crippen molar-refractivity contribution in [3.05, 3.63) is 35.9 Å². The molecule has 1 aliphatic heterocycles. The molecule has 1 atom stereocenters. The average Bonchev–Trinajstić information content (AvgIpc) is 2.45. The van der Waals surface area contributed by atoms with Crippen LogP contribution in [0.4, 0.5) is 0 Å². The summed E-state index contributed by atoms with van der Waals surface area (Å²) < 4.78 is 0. The van der Waals surface area contributed by atoms with Gasteiger partial charge in [-0.1, -0.05) is 37.3 Å². The van der Waals surface area contributed by atoms with Crippen molar-refractivity contribution in [2.24, 2.45) is 5.92 Å². The number of hydrogen-bond donors (Lipinski definition) is 1. The Kier molecular flexibility index (Phi) is 3.55. The number of likely N-dealkylation sites (tertiary alicyclic amines) is 1. The number of carboxylic acid groups (broad SMARTS) is 1. The van der Waals surface area contributed by atoms with Gasteiger partial charge in [0.15, 0.2) is 0 Å². The van der Waals surface area contributed by atoms with Crippen LogP contribution in [0.25, 0.3) is 0 Å². The molecule has 108 valence electrons. The van der Waals surface area contributed by atoms with Crippen LogP contribution in [-0.2, 0) is 10.2 Å². The van der Waals surface area contributed by atoms with Gasteiger partial charge in [0.25, 0.3) is 0 Å². The van der Waals surface area contributed by atoms with E-state index in [4.69, 9.17) is 0 Å². The van der Waals surface area contributed by atoms with Crippen LogP contribution in [0, 0.1) is 5.92 Å². The monoisotopic (exact) mass is 273 g/mol. The maximum Gasteiger partial charge on any atom is 0.307 e. The van der Waals surface area contributed by atoms with Gasteiger partial charge in [0.1, 0.15) is 0 Å². The second kappa shape index (κ2) is 5.21. The van der Waals surface area contributed by atoms with E-state index in [1.165, 1.54) is 5.56 Å². The summed E-state index contributed by atoms with van der Waals surface area (Å²) in [4.78, 5) is 13.6. The first-order chi connectivity index (χ1) is 9.58. The van der Waals surface area contributed by atoms with E-state index < -0.39 is 5.97 Å². The Morgan fingerprint density at radius 3 is 2.65 bits per heavy atom. The van der Waals surface area contributed by atoms with Gasteiger partial charge in [-0.15, -0.1) is 0 Å². The Balaban J connectivity index is 1.61. The Bertz CT molecular complexity index is 479. The van der Waals surface area contributed by atoms with Crippen LogP contribution in [-0.4, -0.2) is 35.1 Å². The van der Waals surface area contributed by atoms with E-state index >= 15 is 0 Å². The highest BCUT2D eigenvalue weighted by Crippen LogP contribution is 2.46. The molecule has 3 heteroatoms. The molecule has 1 heterocycles. The molecule has 1 aliphatic carbocycles. The number of rotatable bonds is 3. The predicted molar refractivity (Wildman–Crippen MR) is 78.7 cm³/mol. The zero-order valence-electron chi connectivity index (χ0n) is 12.1. The van der Waals surface area contributed by atoms with Gasteiger partial charge in [-0.05, 0) is 43.2 Å². The summed E-state index contributed by atoms with van der Waals surface area (Å²) in [6.45, 7) is 4.14. The van der Waals surface area contributed by atoms with E-state index in [0.29, 0.717) is 6.04 Å². The fraction of sp³-hybridized carbons (Fsp3) is 0.588. The summed E-state index contributed by atoms with van der Waals surface area (Å²) in [6.07, 6.45) is 4.18. The third-order valence-corrected chi connectivity index (χ3v) is 5.16. The van der Waals surface area contributed by atoms with Gasteiger partial charge < -0.3 is 5.11 Å². The quantitative estimate of drug-likeness (QED) is 0.920. The van der Waals surface area contributed by atoms with Gasteiger partial charge in [-0.3, -0.25) is 9.69 Å². The topological polar surface area (TPSA) is 40.5 Å². The second-order valence-electron chi connectivity index (χ2n) is 6.66. The fourth-order valence-corrected chi connectivity index (χ4v) is 3.85. The van der Waals surface area contributed by atoms with Crippen LogP contribution in [0.1, 0.15) is 38.2 Å². The van der Waals surface area contributed by atoms with Crippen LogP contribution in [0.2, 0.25) is 0 Å². The largest absolute Gasteiger partial charge is 0.481 e. The van der Waals surface area contributed by atoms with E-state index in [1.54, 1.807) is 0 Å². The number of piperidine rings is 1. The van der Waals surface area contributed by atoms with E-state index in [-0.39, 0.29) is 11.3 Å². The van der Waals surface area contributed by atoms with E-state index in [9.17, 15) is 9.90 Å². The molecule has 0 radical (unpaired) electrons. The van der Waals surface area contributed by atoms with Crippen molar-refractivity contribution in [3.8, 4) is 0 Å². The standard InChI is InChI=1S/C17H23NO2/c1-17(14-7-3-2-4-8-14)10-15(11-17)18-9-5-6-13(12-18)16(19)20/h2-4,7-8,13,15H,5-6,9-12H2,1H3,(H,19,20). The molecule has 1 saturated heterocycles. The van der Waals surface area contributed by atoms with Crippen molar-refractivity contribution >= 4 is 5.97 Å². The van der Waals surface area contributed by atoms with Crippen molar-refractivity contribution in [2.45, 2.75) is 44.1 Å². The normalized spacial score (nSPS) is 34.5. The lowest BCUT2D eigenvalue weighted by Gasteiger charge is -2.52. The molecular weight excluding hydrogens is 250 g/mol. The molecule has 20 heavy (non-hydrogen) atoms. The van der Waals surface area contributed by atoms with E-state index in [1.807, 2.05) is 0 Å². The van der Waals surface area contributed by atoms with Gasteiger partial charge >= 0.3 is 5.97 Å². The molecule has 1 aromatic carbocycles. The molecule has 1 aromatic rings. The minimum Gasteiger partial charge on any atom is -0.481 e. The molecule has 2 aliphatic rings. The second-order valence-corrected chi connectivity index (χ2v) is 6.66. The van der Waals surface area contributed by atoms with Crippen LogP contribution < -0.4 is 0 Å². The van der Waals surface area contributed by atoms with Crippen molar-refractivity contribution in [1.29, 1.82) is 0 Å². The summed E-state index contributed by atoms with van der Waals surface area (Å²) in [5.41, 5.74) is 1.70. The van der Waals surface area contributed by atoms with Gasteiger partial charge in [0, 0.05) is 12.6 Å².